The second-order valence-corrected chi connectivity index (χ2v) is 7.30. The molecule has 0 amide bonds. The molecule has 1 saturated heterocycles. The monoisotopic (exact) mass is 288 g/mol. The Morgan fingerprint density at radius 2 is 1.76 bits per heavy atom. The van der Waals surface area contributed by atoms with Gasteiger partial charge in [0, 0.05) is 12.6 Å². The van der Waals surface area contributed by atoms with E-state index in [1.165, 1.54) is 49.9 Å². The summed E-state index contributed by atoms with van der Waals surface area (Å²) in [7, 11) is 2.08. The topological polar surface area (TPSA) is 15.3 Å². The molecule has 1 aromatic carbocycles. The maximum Gasteiger partial charge on any atom is 0.0446 e. The fourth-order valence-corrected chi connectivity index (χ4v) is 3.17. The van der Waals surface area contributed by atoms with E-state index in [4.69, 9.17) is 0 Å². The van der Waals surface area contributed by atoms with E-state index in [0.717, 1.165) is 6.54 Å². The third kappa shape index (κ3) is 4.82. The fourth-order valence-electron chi connectivity index (χ4n) is 3.17. The van der Waals surface area contributed by atoms with Gasteiger partial charge >= 0.3 is 0 Å². The SMILES string of the molecule is CCCc1ccc(C(CN2CCC(C)(C)CC2)NC)cc1. The Hall–Kier alpha value is -0.860. The molecule has 0 radical (unpaired) electrons. The Balaban J connectivity index is 1.93. The number of hydrogen-bond donors (Lipinski definition) is 1. The van der Waals surface area contributed by atoms with Gasteiger partial charge in [-0.3, -0.25) is 0 Å². The van der Waals surface area contributed by atoms with Crippen LogP contribution in [-0.2, 0) is 6.42 Å². The van der Waals surface area contributed by atoms with Gasteiger partial charge in [-0.05, 0) is 55.9 Å². The molecule has 21 heavy (non-hydrogen) atoms. The second-order valence-electron chi connectivity index (χ2n) is 7.30. The van der Waals surface area contributed by atoms with Crippen molar-refractivity contribution in [2.75, 3.05) is 26.7 Å². The van der Waals surface area contributed by atoms with Crippen molar-refractivity contribution in [2.45, 2.75) is 52.5 Å². The van der Waals surface area contributed by atoms with Gasteiger partial charge in [-0.1, -0.05) is 51.5 Å². The number of aryl methyl sites for hydroxylation is 1. The van der Waals surface area contributed by atoms with Crippen molar-refractivity contribution >= 4 is 0 Å². The van der Waals surface area contributed by atoms with E-state index in [-0.39, 0.29) is 0 Å². The summed E-state index contributed by atoms with van der Waals surface area (Å²) >= 11 is 0. The van der Waals surface area contributed by atoms with Crippen LogP contribution >= 0.6 is 0 Å². The van der Waals surface area contributed by atoms with Crippen molar-refractivity contribution < 1.29 is 0 Å². The first-order chi connectivity index (χ1) is 10.0. The number of benzene rings is 1. The van der Waals surface area contributed by atoms with Crippen LogP contribution in [-0.4, -0.2) is 31.6 Å². The molecule has 0 bridgehead atoms. The van der Waals surface area contributed by atoms with Gasteiger partial charge in [0.2, 0.25) is 0 Å². The molecule has 1 atom stereocenters. The maximum absolute atomic E-state index is 3.50. The van der Waals surface area contributed by atoms with Crippen LogP contribution in [0.3, 0.4) is 0 Å². The van der Waals surface area contributed by atoms with E-state index >= 15 is 0 Å². The molecule has 0 spiro atoms. The number of piperidine rings is 1. The van der Waals surface area contributed by atoms with Crippen LogP contribution in [0.2, 0.25) is 0 Å². The highest BCUT2D eigenvalue weighted by atomic mass is 15.2. The number of hydrogen-bond acceptors (Lipinski definition) is 2. The van der Waals surface area contributed by atoms with Gasteiger partial charge in [-0.25, -0.2) is 0 Å². The van der Waals surface area contributed by atoms with Gasteiger partial charge < -0.3 is 10.2 Å². The lowest BCUT2D eigenvalue weighted by Crippen LogP contribution is -2.41. The molecule has 0 aromatic heterocycles. The third-order valence-electron chi connectivity index (χ3n) is 4.92. The molecule has 2 nitrogen and oxygen atoms in total. The van der Waals surface area contributed by atoms with E-state index in [2.05, 4.69) is 62.3 Å². The molecule has 1 heterocycles. The summed E-state index contributed by atoms with van der Waals surface area (Å²) in [6.45, 7) is 10.6. The van der Waals surface area contributed by atoms with Gasteiger partial charge in [0.25, 0.3) is 0 Å². The first-order valence-electron chi connectivity index (χ1n) is 8.52. The van der Waals surface area contributed by atoms with Crippen molar-refractivity contribution in [2.24, 2.45) is 5.41 Å². The molecular weight excluding hydrogens is 256 g/mol. The molecule has 1 N–H and O–H groups in total. The molecule has 1 aliphatic rings. The Labute approximate surface area is 130 Å². The maximum atomic E-state index is 3.50. The van der Waals surface area contributed by atoms with Gasteiger partial charge in [-0.2, -0.15) is 0 Å². The highest BCUT2D eigenvalue weighted by molar-refractivity contribution is 5.25. The lowest BCUT2D eigenvalue weighted by molar-refractivity contribution is 0.123. The van der Waals surface area contributed by atoms with Crippen LogP contribution in [0.1, 0.15) is 57.2 Å². The van der Waals surface area contributed by atoms with Crippen molar-refractivity contribution in [3.05, 3.63) is 35.4 Å². The summed E-state index contributed by atoms with van der Waals surface area (Å²) in [5.74, 6) is 0. The van der Waals surface area contributed by atoms with E-state index in [1.54, 1.807) is 0 Å². The van der Waals surface area contributed by atoms with E-state index in [1.807, 2.05) is 0 Å². The highest BCUT2D eigenvalue weighted by Gasteiger charge is 2.26. The number of nitrogens with zero attached hydrogens (tertiary/aromatic N) is 1. The van der Waals surface area contributed by atoms with Crippen molar-refractivity contribution in [1.29, 1.82) is 0 Å². The zero-order valence-corrected chi connectivity index (χ0v) is 14.3. The zero-order valence-electron chi connectivity index (χ0n) is 14.3. The van der Waals surface area contributed by atoms with Crippen LogP contribution in [0.4, 0.5) is 0 Å². The van der Waals surface area contributed by atoms with Crippen LogP contribution in [0.5, 0.6) is 0 Å². The lowest BCUT2D eigenvalue weighted by Gasteiger charge is -2.38. The van der Waals surface area contributed by atoms with Crippen molar-refractivity contribution in [3.63, 3.8) is 0 Å². The van der Waals surface area contributed by atoms with Crippen molar-refractivity contribution in [1.82, 2.24) is 10.2 Å². The Bertz CT molecular complexity index is 412. The minimum Gasteiger partial charge on any atom is -0.312 e. The van der Waals surface area contributed by atoms with Gasteiger partial charge in [0.1, 0.15) is 0 Å². The van der Waals surface area contributed by atoms with Crippen molar-refractivity contribution in [3.8, 4) is 0 Å². The first kappa shape index (κ1) is 16.5. The molecule has 118 valence electrons. The highest BCUT2D eigenvalue weighted by Crippen LogP contribution is 2.30. The minimum atomic E-state index is 0.446. The Morgan fingerprint density at radius 3 is 2.29 bits per heavy atom. The molecule has 1 unspecified atom stereocenters. The standard InChI is InChI=1S/C19H32N2/c1-5-6-16-7-9-17(10-8-16)18(20-4)15-21-13-11-19(2,3)12-14-21/h7-10,18,20H,5-6,11-15H2,1-4H3. The van der Waals surface area contributed by atoms with Gasteiger partial charge in [0.05, 0.1) is 0 Å². The lowest BCUT2D eigenvalue weighted by atomic mass is 9.82. The predicted molar refractivity (Wildman–Crippen MR) is 91.7 cm³/mol. The van der Waals surface area contributed by atoms with Gasteiger partial charge in [0.15, 0.2) is 0 Å². The molecule has 1 fully saturated rings. The normalized spacial score (nSPS) is 20.4. The summed E-state index contributed by atoms with van der Waals surface area (Å²) < 4.78 is 0. The molecule has 2 heteroatoms. The summed E-state index contributed by atoms with van der Waals surface area (Å²) in [4.78, 5) is 2.62. The molecule has 0 aliphatic carbocycles. The minimum absolute atomic E-state index is 0.446. The number of rotatable bonds is 6. The molecule has 1 aromatic rings. The first-order valence-corrected chi connectivity index (χ1v) is 8.52. The van der Waals surface area contributed by atoms with Gasteiger partial charge in [-0.15, -0.1) is 0 Å². The largest absolute Gasteiger partial charge is 0.312 e. The second kappa shape index (κ2) is 7.42. The zero-order chi connectivity index (χ0) is 15.3. The fraction of sp³-hybridized carbons (Fsp3) is 0.684. The van der Waals surface area contributed by atoms with E-state index < -0.39 is 0 Å². The molecule has 0 saturated carbocycles. The van der Waals surface area contributed by atoms with Crippen LogP contribution in [0, 0.1) is 5.41 Å². The number of likely N-dealkylation sites (N-methyl/N-ethyl adjacent to an activating group) is 1. The Kier molecular flexibility index (Phi) is 5.83. The summed E-state index contributed by atoms with van der Waals surface area (Å²) in [5.41, 5.74) is 3.41. The summed E-state index contributed by atoms with van der Waals surface area (Å²) in [5, 5.41) is 3.50. The predicted octanol–water partition coefficient (Wildman–Crippen LogP) is 4.02. The molecular formula is C19H32N2. The Morgan fingerprint density at radius 1 is 1.14 bits per heavy atom. The van der Waals surface area contributed by atoms with Crippen LogP contribution in [0.25, 0.3) is 0 Å². The van der Waals surface area contributed by atoms with E-state index in [0.29, 0.717) is 11.5 Å². The average molecular weight is 288 g/mol. The van der Waals surface area contributed by atoms with E-state index in [9.17, 15) is 0 Å². The third-order valence-corrected chi connectivity index (χ3v) is 4.92. The van der Waals surface area contributed by atoms with Crippen LogP contribution in [0.15, 0.2) is 24.3 Å². The van der Waals surface area contributed by atoms with Crippen LogP contribution < -0.4 is 5.32 Å². The summed E-state index contributed by atoms with van der Waals surface area (Å²) in [6.07, 6.45) is 5.04. The number of nitrogens with one attached hydrogen (secondary N) is 1. The summed E-state index contributed by atoms with van der Waals surface area (Å²) in [6, 6.07) is 9.65. The average Bonchev–Trinajstić information content (AvgIpc) is 2.48. The smallest absolute Gasteiger partial charge is 0.0446 e. The molecule has 2 rings (SSSR count). The molecule has 1 aliphatic heterocycles. The number of likely N-dealkylation sites (tertiary alicyclic amines) is 1. The quantitative estimate of drug-likeness (QED) is 0.850.